The Morgan fingerprint density at radius 2 is 1.36 bits per heavy atom. The molecule has 182 valence electrons. The van der Waals surface area contributed by atoms with Crippen LogP contribution in [0.4, 0.5) is 0 Å². The molecule has 36 heavy (non-hydrogen) atoms. The van der Waals surface area contributed by atoms with Gasteiger partial charge in [0.05, 0.1) is 4.88 Å². The summed E-state index contributed by atoms with van der Waals surface area (Å²) in [5.41, 5.74) is 16.5. The van der Waals surface area contributed by atoms with E-state index in [1.807, 2.05) is 51.4 Å². The van der Waals surface area contributed by atoms with Crippen LogP contribution >= 0.6 is 45.3 Å². The lowest BCUT2D eigenvalue weighted by molar-refractivity contribution is 0.633. The van der Waals surface area contributed by atoms with Gasteiger partial charge in [0.15, 0.2) is 0 Å². The smallest absolute Gasteiger partial charge is 0.0524 e. The van der Waals surface area contributed by atoms with Gasteiger partial charge in [0.2, 0.25) is 0 Å². The first-order chi connectivity index (χ1) is 17.6. The van der Waals surface area contributed by atoms with E-state index in [4.69, 9.17) is 0 Å². The summed E-state index contributed by atoms with van der Waals surface area (Å²) >= 11 is 7.55. The van der Waals surface area contributed by atoms with Gasteiger partial charge in [0, 0.05) is 39.7 Å². The molecule has 4 aromatic heterocycles. The lowest BCUT2D eigenvalue weighted by Crippen LogP contribution is -1.85. The van der Waals surface area contributed by atoms with Crippen LogP contribution in [0.3, 0.4) is 0 Å². The zero-order chi connectivity index (χ0) is 25.3. The first-order valence-electron chi connectivity index (χ1n) is 12.4. The second-order valence-corrected chi connectivity index (χ2v) is 13.4. The molecule has 0 aliphatic heterocycles. The molecule has 0 saturated carbocycles. The van der Waals surface area contributed by atoms with Gasteiger partial charge in [-0.15, -0.1) is 45.3 Å². The largest absolute Gasteiger partial charge is 0.139 e. The number of hydrogen-bond acceptors (Lipinski definition) is 4. The third kappa shape index (κ3) is 6.80. The van der Waals surface area contributed by atoms with E-state index in [9.17, 15) is 0 Å². The average Bonchev–Trinajstić information content (AvgIpc) is 3.65. The fourth-order valence-corrected chi connectivity index (χ4v) is 8.56. The molecule has 0 aromatic carbocycles. The molecule has 0 amide bonds. The molecular formula is C32H30S4. The van der Waals surface area contributed by atoms with Crippen LogP contribution in [0.1, 0.15) is 59.9 Å². The summed E-state index contributed by atoms with van der Waals surface area (Å²) in [5.74, 6) is 0. The molecule has 0 radical (unpaired) electrons. The summed E-state index contributed by atoms with van der Waals surface area (Å²) < 4.78 is 0. The Morgan fingerprint density at radius 1 is 0.722 bits per heavy atom. The molecule has 4 heteroatoms. The first kappa shape index (κ1) is 26.5. The van der Waals surface area contributed by atoms with E-state index in [2.05, 4.69) is 92.4 Å². The molecular weight excluding hydrogens is 513 g/mol. The number of hydrogen-bond donors (Lipinski definition) is 0. The van der Waals surface area contributed by atoms with Crippen molar-refractivity contribution < 1.29 is 0 Å². The molecule has 0 nitrogen and oxygen atoms in total. The van der Waals surface area contributed by atoms with E-state index in [0.717, 1.165) is 5.56 Å². The minimum atomic E-state index is 1.16. The van der Waals surface area contributed by atoms with Gasteiger partial charge in [-0.3, -0.25) is 0 Å². The van der Waals surface area contributed by atoms with E-state index in [1.54, 1.807) is 0 Å². The second kappa shape index (κ2) is 13.1. The Hall–Kier alpha value is -2.56. The van der Waals surface area contributed by atoms with Gasteiger partial charge in [-0.2, -0.15) is 0 Å². The number of aryl methyl sites for hydroxylation is 3. The van der Waals surface area contributed by atoms with E-state index in [1.165, 1.54) is 83.1 Å². The molecule has 0 N–H and O–H groups in total. The quantitative estimate of drug-likeness (QED) is 0.138. The van der Waals surface area contributed by atoms with Crippen LogP contribution in [0.5, 0.6) is 0 Å². The van der Waals surface area contributed by atoms with Crippen molar-refractivity contribution in [1.29, 1.82) is 0 Å². The summed E-state index contributed by atoms with van der Waals surface area (Å²) in [4.78, 5) is 10.8. The Morgan fingerprint density at radius 3 is 2.08 bits per heavy atom. The lowest BCUT2D eigenvalue weighted by Gasteiger charge is -2.02. The van der Waals surface area contributed by atoms with Crippen LogP contribution in [0.25, 0.3) is 35.3 Å². The number of thiophene rings is 4. The van der Waals surface area contributed by atoms with Gasteiger partial charge in [0.1, 0.15) is 0 Å². The van der Waals surface area contributed by atoms with Crippen molar-refractivity contribution in [2.45, 2.75) is 59.3 Å². The van der Waals surface area contributed by atoms with Crippen LogP contribution in [0.15, 0.2) is 71.6 Å². The molecule has 0 aliphatic carbocycles. The molecule has 4 aromatic rings. The molecule has 0 bridgehead atoms. The lowest BCUT2D eigenvalue weighted by atomic mass is 10.1. The van der Waals surface area contributed by atoms with Crippen molar-refractivity contribution in [3.63, 3.8) is 0 Å². The molecule has 0 atom stereocenters. The van der Waals surface area contributed by atoms with Crippen molar-refractivity contribution in [2.75, 3.05) is 0 Å². The molecule has 0 fully saturated rings. The maximum absolute atomic E-state index is 3.47. The maximum atomic E-state index is 3.47. The van der Waals surface area contributed by atoms with E-state index in [-0.39, 0.29) is 0 Å². The van der Waals surface area contributed by atoms with Gasteiger partial charge in [0.25, 0.3) is 0 Å². The van der Waals surface area contributed by atoms with Crippen molar-refractivity contribution >= 4 is 51.4 Å². The van der Waals surface area contributed by atoms with Crippen molar-refractivity contribution in [2.24, 2.45) is 0 Å². The zero-order valence-corrected chi connectivity index (χ0v) is 24.4. The highest BCUT2D eigenvalue weighted by Gasteiger charge is 2.15. The summed E-state index contributed by atoms with van der Waals surface area (Å²) in [6, 6.07) is 13.7. The Balaban J connectivity index is 1.56. The Labute approximate surface area is 231 Å². The van der Waals surface area contributed by atoms with Crippen LogP contribution in [-0.2, 0) is 6.42 Å². The van der Waals surface area contributed by atoms with Crippen LogP contribution < -0.4 is 0 Å². The fraction of sp³-hybridized carbons (Fsp3) is 0.281. The minimum absolute atomic E-state index is 1.16. The topological polar surface area (TPSA) is 0 Å². The highest BCUT2D eigenvalue weighted by atomic mass is 32.1. The van der Waals surface area contributed by atoms with E-state index >= 15 is 0 Å². The molecule has 4 heterocycles. The normalized spacial score (nSPS) is 10.3. The van der Waals surface area contributed by atoms with Gasteiger partial charge < -0.3 is 0 Å². The second-order valence-electron chi connectivity index (χ2n) is 8.69. The maximum Gasteiger partial charge on any atom is 0.0524 e. The van der Waals surface area contributed by atoms with Gasteiger partial charge in [-0.1, -0.05) is 44.1 Å². The van der Waals surface area contributed by atoms with E-state index in [0.29, 0.717) is 0 Å². The SMILES string of the molecule is C=C=C=C=C=C=Cc1cc(C)sc1-c1ccc(-c2ccc(-c3sc(C)cc3CCCCCCC)s2)s1. The molecule has 0 unspecified atom stereocenters. The Bertz CT molecular complexity index is 1520. The van der Waals surface area contributed by atoms with Crippen LogP contribution in [-0.4, -0.2) is 0 Å². The molecule has 0 saturated heterocycles. The summed E-state index contributed by atoms with van der Waals surface area (Å²) in [6.45, 7) is 10.1. The van der Waals surface area contributed by atoms with Crippen molar-refractivity contribution in [3.05, 3.63) is 92.5 Å². The van der Waals surface area contributed by atoms with E-state index < -0.39 is 0 Å². The van der Waals surface area contributed by atoms with Crippen molar-refractivity contribution in [1.82, 2.24) is 0 Å². The third-order valence-electron chi connectivity index (χ3n) is 5.78. The first-order valence-corrected chi connectivity index (χ1v) is 15.6. The van der Waals surface area contributed by atoms with Gasteiger partial charge in [-0.25, -0.2) is 0 Å². The molecule has 4 rings (SSSR count). The van der Waals surface area contributed by atoms with Gasteiger partial charge >= 0.3 is 0 Å². The molecule has 0 spiro atoms. The predicted molar refractivity (Wildman–Crippen MR) is 164 cm³/mol. The Kier molecular flexibility index (Phi) is 9.66. The number of rotatable bonds is 10. The third-order valence-corrected chi connectivity index (χ3v) is 10.7. The standard InChI is InChI=1S/C32H30S4/c1-5-7-9-11-13-15-25-21-23(3)33-31(25)29-19-17-27(35-29)28-18-20-30(36-28)32-26(22-24(4)34-32)16-14-12-10-8-6-2/h15,17-22H,1,6,8,10,12,14,16H2,2-4H3. The van der Waals surface area contributed by atoms with Gasteiger partial charge in [-0.05, 0) is 98.5 Å². The summed E-state index contributed by atoms with van der Waals surface area (Å²) in [5, 5.41) is 0. The monoisotopic (exact) mass is 542 g/mol. The zero-order valence-electron chi connectivity index (χ0n) is 21.1. The summed E-state index contributed by atoms with van der Waals surface area (Å²) in [6.07, 6.45) is 9.79. The van der Waals surface area contributed by atoms with Crippen LogP contribution in [0.2, 0.25) is 0 Å². The highest BCUT2D eigenvalue weighted by Crippen LogP contribution is 2.45. The number of unbranched alkanes of at least 4 members (excludes halogenated alkanes) is 4. The average molecular weight is 543 g/mol. The van der Waals surface area contributed by atoms with Crippen molar-refractivity contribution in [3.8, 4) is 29.3 Å². The van der Waals surface area contributed by atoms with Crippen LogP contribution in [0, 0.1) is 13.8 Å². The highest BCUT2D eigenvalue weighted by molar-refractivity contribution is 7.28. The minimum Gasteiger partial charge on any atom is -0.139 e. The predicted octanol–water partition coefficient (Wildman–Crippen LogP) is 11.5. The molecule has 0 aliphatic rings. The summed E-state index contributed by atoms with van der Waals surface area (Å²) in [7, 11) is 0. The fourth-order valence-electron chi connectivity index (χ4n) is 4.12.